The molecule has 1 fully saturated rings. The predicted molar refractivity (Wildman–Crippen MR) is 57.0 cm³/mol. The molecule has 76 valence electrons. The molecule has 0 amide bonds. The Bertz CT molecular complexity index is 350. The van der Waals surface area contributed by atoms with Crippen LogP contribution >= 0.6 is 11.6 Å². The van der Waals surface area contributed by atoms with Gasteiger partial charge in [-0.25, -0.2) is 4.39 Å². The van der Waals surface area contributed by atoms with Gasteiger partial charge in [0.1, 0.15) is 5.82 Å². The predicted octanol–water partition coefficient (Wildman–Crippen LogP) is 2.88. The first-order valence-corrected chi connectivity index (χ1v) is 5.03. The second-order valence-corrected chi connectivity index (χ2v) is 4.09. The second-order valence-electron chi connectivity index (χ2n) is 3.68. The van der Waals surface area contributed by atoms with Crippen LogP contribution in [-0.4, -0.2) is 6.54 Å². The molecule has 0 unspecified atom stereocenters. The van der Waals surface area contributed by atoms with Crippen LogP contribution in [0, 0.1) is 11.7 Å². The van der Waals surface area contributed by atoms with Crippen molar-refractivity contribution in [3.63, 3.8) is 0 Å². The number of hydrogen-bond acceptors (Lipinski definition) is 2. The highest BCUT2D eigenvalue weighted by molar-refractivity contribution is 6.31. The summed E-state index contributed by atoms with van der Waals surface area (Å²) in [7, 11) is 0. The maximum Gasteiger partial charge on any atom is 0.143 e. The Morgan fingerprint density at radius 3 is 2.86 bits per heavy atom. The minimum Gasteiger partial charge on any atom is -0.397 e. The number of hydrogen-bond donors (Lipinski definition) is 2. The van der Waals surface area contributed by atoms with Crippen LogP contribution < -0.4 is 11.1 Å². The third-order valence-electron chi connectivity index (χ3n) is 2.37. The highest BCUT2D eigenvalue weighted by atomic mass is 35.5. The first-order valence-electron chi connectivity index (χ1n) is 4.65. The lowest BCUT2D eigenvalue weighted by atomic mass is 10.2. The topological polar surface area (TPSA) is 38.0 Å². The zero-order valence-corrected chi connectivity index (χ0v) is 8.44. The number of anilines is 2. The van der Waals surface area contributed by atoms with E-state index in [1.54, 1.807) is 0 Å². The molecule has 1 aliphatic rings. The largest absolute Gasteiger partial charge is 0.397 e. The molecule has 0 aliphatic heterocycles. The lowest BCUT2D eigenvalue weighted by Crippen LogP contribution is -2.06. The molecule has 0 spiro atoms. The van der Waals surface area contributed by atoms with Gasteiger partial charge in [0.15, 0.2) is 0 Å². The number of rotatable bonds is 3. The molecule has 1 aromatic rings. The Morgan fingerprint density at radius 2 is 2.21 bits per heavy atom. The number of nitrogen functional groups attached to an aromatic ring is 1. The zero-order valence-electron chi connectivity index (χ0n) is 7.69. The van der Waals surface area contributed by atoms with Crippen LogP contribution in [0.4, 0.5) is 15.8 Å². The molecule has 1 saturated carbocycles. The summed E-state index contributed by atoms with van der Waals surface area (Å²) in [5, 5.41) is 3.19. The number of benzene rings is 1. The average molecular weight is 215 g/mol. The molecule has 0 saturated heterocycles. The molecular formula is C10H12ClFN2. The SMILES string of the molecule is Nc1cc(Cl)c(F)cc1NCC1CC1. The number of halogens is 2. The van der Waals surface area contributed by atoms with Gasteiger partial charge in [0.25, 0.3) is 0 Å². The molecule has 2 nitrogen and oxygen atoms in total. The summed E-state index contributed by atoms with van der Waals surface area (Å²) in [6.07, 6.45) is 2.51. The van der Waals surface area contributed by atoms with Crippen molar-refractivity contribution < 1.29 is 4.39 Å². The van der Waals surface area contributed by atoms with E-state index in [0.717, 1.165) is 12.5 Å². The minimum atomic E-state index is -0.431. The summed E-state index contributed by atoms with van der Waals surface area (Å²) < 4.78 is 13.1. The van der Waals surface area contributed by atoms with Crippen molar-refractivity contribution in [1.82, 2.24) is 0 Å². The van der Waals surface area contributed by atoms with Crippen LogP contribution in [0.1, 0.15) is 12.8 Å². The van der Waals surface area contributed by atoms with E-state index in [0.29, 0.717) is 11.4 Å². The van der Waals surface area contributed by atoms with Gasteiger partial charge < -0.3 is 11.1 Å². The number of nitrogens with two attached hydrogens (primary N) is 1. The maximum atomic E-state index is 13.1. The zero-order chi connectivity index (χ0) is 10.1. The molecule has 4 heteroatoms. The van der Waals surface area contributed by atoms with Crippen molar-refractivity contribution in [3.05, 3.63) is 23.0 Å². The Labute approximate surface area is 87.2 Å². The fourth-order valence-corrected chi connectivity index (χ4v) is 1.46. The lowest BCUT2D eigenvalue weighted by Gasteiger charge is -2.09. The van der Waals surface area contributed by atoms with Crippen LogP contribution in [0.15, 0.2) is 12.1 Å². The molecule has 0 atom stereocenters. The summed E-state index contributed by atoms with van der Waals surface area (Å²) in [4.78, 5) is 0. The van der Waals surface area contributed by atoms with E-state index < -0.39 is 5.82 Å². The van der Waals surface area contributed by atoms with Gasteiger partial charge in [0.2, 0.25) is 0 Å². The summed E-state index contributed by atoms with van der Waals surface area (Å²) >= 11 is 5.58. The Kier molecular flexibility index (Phi) is 2.50. The van der Waals surface area contributed by atoms with Crippen molar-refractivity contribution >= 4 is 23.0 Å². The molecular weight excluding hydrogens is 203 g/mol. The minimum absolute atomic E-state index is 0.0690. The molecule has 0 bridgehead atoms. The van der Waals surface area contributed by atoms with Gasteiger partial charge in [0.05, 0.1) is 16.4 Å². The number of nitrogens with one attached hydrogen (secondary N) is 1. The molecule has 14 heavy (non-hydrogen) atoms. The van der Waals surface area contributed by atoms with Crippen LogP contribution in [0.2, 0.25) is 5.02 Å². The van der Waals surface area contributed by atoms with Crippen molar-refractivity contribution in [2.75, 3.05) is 17.6 Å². The van der Waals surface area contributed by atoms with Crippen molar-refractivity contribution in [2.24, 2.45) is 5.92 Å². The van der Waals surface area contributed by atoms with Gasteiger partial charge in [-0.2, -0.15) is 0 Å². The smallest absolute Gasteiger partial charge is 0.143 e. The standard InChI is InChI=1S/C10H12ClFN2/c11-7-3-9(13)10(4-8(7)12)14-5-6-1-2-6/h3-4,6,14H,1-2,5,13H2. The molecule has 1 aliphatic carbocycles. The molecule has 2 rings (SSSR count). The molecule has 0 aromatic heterocycles. The quantitative estimate of drug-likeness (QED) is 0.760. The first-order chi connectivity index (χ1) is 6.66. The second kappa shape index (κ2) is 3.65. The van der Waals surface area contributed by atoms with E-state index in [4.69, 9.17) is 17.3 Å². The maximum absolute atomic E-state index is 13.1. The highest BCUT2D eigenvalue weighted by Crippen LogP contribution is 2.31. The molecule has 3 N–H and O–H groups in total. The van der Waals surface area contributed by atoms with Gasteiger partial charge in [0, 0.05) is 12.6 Å². The van der Waals surface area contributed by atoms with Crippen LogP contribution in [0.5, 0.6) is 0 Å². The lowest BCUT2D eigenvalue weighted by molar-refractivity contribution is 0.628. The fraction of sp³-hybridized carbons (Fsp3) is 0.400. The van der Waals surface area contributed by atoms with Gasteiger partial charge in [-0.1, -0.05) is 11.6 Å². The van der Waals surface area contributed by atoms with E-state index in [9.17, 15) is 4.39 Å². The average Bonchev–Trinajstić information content (AvgIpc) is 2.92. The van der Waals surface area contributed by atoms with E-state index in [-0.39, 0.29) is 5.02 Å². The van der Waals surface area contributed by atoms with E-state index in [1.807, 2.05) is 0 Å². The third-order valence-corrected chi connectivity index (χ3v) is 2.66. The summed E-state index contributed by atoms with van der Waals surface area (Å²) in [5.41, 5.74) is 6.82. The highest BCUT2D eigenvalue weighted by Gasteiger charge is 2.21. The Hall–Kier alpha value is -0.960. The summed E-state index contributed by atoms with van der Waals surface area (Å²) in [6, 6.07) is 2.78. The van der Waals surface area contributed by atoms with E-state index in [1.165, 1.54) is 25.0 Å². The van der Waals surface area contributed by atoms with E-state index >= 15 is 0 Å². The molecule has 0 radical (unpaired) electrons. The van der Waals surface area contributed by atoms with Crippen LogP contribution in [0.25, 0.3) is 0 Å². The first kappa shape index (κ1) is 9.59. The van der Waals surface area contributed by atoms with E-state index in [2.05, 4.69) is 5.32 Å². The monoisotopic (exact) mass is 214 g/mol. The molecule has 1 aromatic carbocycles. The summed E-state index contributed by atoms with van der Waals surface area (Å²) in [6.45, 7) is 0.866. The van der Waals surface area contributed by atoms with Crippen molar-refractivity contribution in [3.8, 4) is 0 Å². The fourth-order valence-electron chi connectivity index (χ4n) is 1.29. The third kappa shape index (κ3) is 2.10. The van der Waals surface area contributed by atoms with Crippen LogP contribution in [-0.2, 0) is 0 Å². The van der Waals surface area contributed by atoms with Gasteiger partial charge >= 0.3 is 0 Å². The van der Waals surface area contributed by atoms with Crippen molar-refractivity contribution in [1.29, 1.82) is 0 Å². The summed E-state index contributed by atoms with van der Waals surface area (Å²) in [5.74, 6) is 0.298. The molecule has 0 heterocycles. The van der Waals surface area contributed by atoms with Crippen molar-refractivity contribution in [2.45, 2.75) is 12.8 Å². The van der Waals surface area contributed by atoms with Gasteiger partial charge in [-0.3, -0.25) is 0 Å². The Morgan fingerprint density at radius 1 is 1.50 bits per heavy atom. The Balaban J connectivity index is 2.10. The normalized spacial score (nSPS) is 15.6. The van der Waals surface area contributed by atoms with Gasteiger partial charge in [-0.05, 0) is 24.8 Å². The van der Waals surface area contributed by atoms with Gasteiger partial charge in [-0.15, -0.1) is 0 Å². The van der Waals surface area contributed by atoms with Crippen LogP contribution in [0.3, 0.4) is 0 Å².